The third-order valence-corrected chi connectivity index (χ3v) is 6.00. The molecular weight excluding hydrogens is 444 g/mol. The number of aromatic nitrogens is 1. The van der Waals surface area contributed by atoms with Gasteiger partial charge in [-0.15, -0.1) is 0 Å². The summed E-state index contributed by atoms with van der Waals surface area (Å²) >= 11 is 6.38. The Kier molecular flexibility index (Phi) is 8.53. The van der Waals surface area contributed by atoms with Gasteiger partial charge < -0.3 is 20.1 Å². The zero-order valence-electron chi connectivity index (χ0n) is 17.9. The van der Waals surface area contributed by atoms with Crippen molar-refractivity contribution >= 4 is 23.6 Å². The van der Waals surface area contributed by atoms with Crippen molar-refractivity contribution in [2.24, 2.45) is 0 Å². The zero-order valence-corrected chi connectivity index (χ0v) is 20.7. The molecule has 1 heterocycles. The van der Waals surface area contributed by atoms with Crippen LogP contribution < -0.4 is 34.7 Å². The Morgan fingerprint density at radius 3 is 2.47 bits per heavy atom. The minimum Gasteiger partial charge on any atom is -0.550 e. The Labute approximate surface area is 213 Å². The van der Waals surface area contributed by atoms with E-state index < -0.39 is 30.4 Å². The van der Waals surface area contributed by atoms with Gasteiger partial charge in [0.05, 0.1) is 22.9 Å². The number of nitrogens with zero attached hydrogens (tertiary/aromatic N) is 1. The van der Waals surface area contributed by atoms with Gasteiger partial charge in [-0.1, -0.05) is 23.8 Å². The van der Waals surface area contributed by atoms with E-state index >= 15 is 0 Å². The molecule has 0 bridgehead atoms. The average molecular weight is 468 g/mol. The minimum atomic E-state index is -1.37. The minimum absolute atomic E-state index is 0. The maximum Gasteiger partial charge on any atom is 1.00 e. The fraction of sp³-hybridized carbons (Fsp3) is 0.417. The molecule has 0 aliphatic heterocycles. The van der Waals surface area contributed by atoms with E-state index in [0.29, 0.717) is 22.4 Å². The van der Waals surface area contributed by atoms with E-state index in [1.54, 1.807) is 12.1 Å². The first kappa shape index (κ1) is 25.3. The van der Waals surface area contributed by atoms with Crippen LogP contribution in [0.5, 0.6) is 0 Å². The number of aliphatic hydroxyl groups excluding tert-OH is 2. The summed E-state index contributed by atoms with van der Waals surface area (Å²) in [5.41, 5.74) is 4.30. The fourth-order valence-corrected chi connectivity index (χ4v) is 4.07. The topological polar surface area (TPSA) is 93.5 Å². The SMILES string of the molecule is O=C([O-])C[C@H](O)C[C@H](O)/C=C/c1c(-c2ccc(F)cc2Cl)cc(C2CC2)nc1C1CC1.[Na+]. The number of pyridine rings is 1. The number of halogens is 2. The molecule has 5 nitrogen and oxygen atoms in total. The molecule has 2 fully saturated rings. The summed E-state index contributed by atoms with van der Waals surface area (Å²) in [7, 11) is 0. The first-order valence-corrected chi connectivity index (χ1v) is 10.9. The Hall–Kier alpha value is -1.28. The third-order valence-electron chi connectivity index (χ3n) is 5.69. The number of carbonyl (C=O) groups excluding carboxylic acids is 1. The molecule has 2 atom stereocenters. The number of rotatable bonds is 9. The van der Waals surface area contributed by atoms with E-state index in [2.05, 4.69) is 0 Å². The van der Waals surface area contributed by atoms with Crippen molar-refractivity contribution in [3.05, 3.63) is 58.1 Å². The van der Waals surface area contributed by atoms with Crippen LogP contribution in [0.1, 0.15) is 67.3 Å². The average Bonchev–Trinajstić information content (AvgIpc) is 3.58. The predicted octanol–water partition coefficient (Wildman–Crippen LogP) is 0.565. The molecule has 2 N–H and O–H groups in total. The van der Waals surface area contributed by atoms with Crippen molar-refractivity contribution in [3.8, 4) is 11.1 Å². The molecule has 1 aromatic carbocycles. The van der Waals surface area contributed by atoms with Crippen LogP contribution in [0.2, 0.25) is 5.02 Å². The molecule has 164 valence electrons. The number of carboxylic acids is 1. The van der Waals surface area contributed by atoms with E-state index in [1.165, 1.54) is 18.2 Å². The number of carboxylic acid groups (broad SMARTS) is 1. The van der Waals surface area contributed by atoms with Gasteiger partial charge in [-0.25, -0.2) is 4.39 Å². The third kappa shape index (κ3) is 6.40. The van der Waals surface area contributed by atoms with Gasteiger partial charge in [0.1, 0.15) is 5.82 Å². The summed E-state index contributed by atoms with van der Waals surface area (Å²) in [6, 6.07) is 6.30. The second-order valence-electron chi connectivity index (χ2n) is 8.46. The summed E-state index contributed by atoms with van der Waals surface area (Å²) in [5, 5.41) is 31.0. The van der Waals surface area contributed by atoms with Gasteiger partial charge in [0.15, 0.2) is 0 Å². The van der Waals surface area contributed by atoms with Gasteiger partial charge in [-0.05, 0) is 55.5 Å². The van der Waals surface area contributed by atoms with E-state index in [1.807, 2.05) is 6.07 Å². The number of benzene rings is 1. The normalized spacial score (nSPS) is 17.8. The van der Waals surface area contributed by atoms with Crippen molar-refractivity contribution in [2.75, 3.05) is 0 Å². The van der Waals surface area contributed by atoms with Crippen LogP contribution in [0.3, 0.4) is 0 Å². The zero-order chi connectivity index (χ0) is 22.1. The van der Waals surface area contributed by atoms with Crippen molar-refractivity contribution in [1.29, 1.82) is 0 Å². The largest absolute Gasteiger partial charge is 1.00 e. The summed E-state index contributed by atoms with van der Waals surface area (Å²) in [6.45, 7) is 0. The molecule has 2 saturated carbocycles. The molecule has 32 heavy (non-hydrogen) atoms. The second-order valence-corrected chi connectivity index (χ2v) is 8.87. The van der Waals surface area contributed by atoms with Gasteiger partial charge in [-0.2, -0.15) is 0 Å². The van der Waals surface area contributed by atoms with E-state index in [9.17, 15) is 24.5 Å². The standard InChI is InChI=1S/C24H25ClFNO4.Na/c25-21-9-15(26)5-7-18(21)20-12-22(13-1-2-13)27-24(14-3-4-14)19(20)8-6-16(28)10-17(29)11-23(30)31;/h5-9,12-14,16-17,28-29H,1-4,10-11H2,(H,30,31);/q;+1/p-1/b8-6+;/t16-,17-;/m1./s1. The van der Waals surface area contributed by atoms with Gasteiger partial charge in [0, 0.05) is 47.5 Å². The van der Waals surface area contributed by atoms with Gasteiger partial charge in [0.2, 0.25) is 0 Å². The second kappa shape index (κ2) is 10.8. The monoisotopic (exact) mass is 467 g/mol. The Morgan fingerprint density at radius 2 is 1.88 bits per heavy atom. The van der Waals surface area contributed by atoms with E-state index in [-0.39, 0.29) is 36.0 Å². The van der Waals surface area contributed by atoms with Crippen LogP contribution >= 0.6 is 11.6 Å². The number of aliphatic carboxylic acids is 1. The van der Waals surface area contributed by atoms with Crippen LogP contribution in [0.4, 0.5) is 4.39 Å². The number of carbonyl (C=O) groups is 1. The Morgan fingerprint density at radius 1 is 1.19 bits per heavy atom. The van der Waals surface area contributed by atoms with Crippen LogP contribution in [-0.2, 0) is 4.79 Å². The molecule has 2 aromatic rings. The summed E-state index contributed by atoms with van der Waals surface area (Å²) in [5.74, 6) is -1.02. The van der Waals surface area contributed by atoms with Gasteiger partial charge >= 0.3 is 29.6 Å². The van der Waals surface area contributed by atoms with Gasteiger partial charge in [-0.3, -0.25) is 4.98 Å². The number of hydrogen-bond acceptors (Lipinski definition) is 5. The number of hydrogen-bond donors (Lipinski definition) is 2. The molecule has 0 spiro atoms. The molecule has 2 aliphatic carbocycles. The van der Waals surface area contributed by atoms with Gasteiger partial charge in [0.25, 0.3) is 0 Å². The van der Waals surface area contributed by atoms with Crippen LogP contribution in [-0.4, -0.2) is 33.4 Å². The first-order valence-electron chi connectivity index (χ1n) is 10.6. The molecule has 1 aromatic heterocycles. The first-order chi connectivity index (χ1) is 14.8. The predicted molar refractivity (Wildman–Crippen MR) is 114 cm³/mol. The number of aliphatic hydroxyl groups is 2. The molecule has 0 saturated heterocycles. The van der Waals surface area contributed by atoms with Crippen LogP contribution in [0.25, 0.3) is 17.2 Å². The molecule has 4 rings (SSSR count). The maximum absolute atomic E-state index is 13.7. The summed E-state index contributed by atoms with van der Waals surface area (Å²) in [4.78, 5) is 15.6. The van der Waals surface area contributed by atoms with Crippen molar-refractivity contribution in [1.82, 2.24) is 4.98 Å². The molecule has 0 amide bonds. The molecular formula is C24H24ClFNNaO4. The molecule has 8 heteroatoms. The van der Waals surface area contributed by atoms with Crippen molar-refractivity contribution < 1.29 is 54.1 Å². The summed E-state index contributed by atoms with van der Waals surface area (Å²) < 4.78 is 13.7. The smallest absolute Gasteiger partial charge is 0.550 e. The molecule has 0 unspecified atom stereocenters. The summed E-state index contributed by atoms with van der Waals surface area (Å²) in [6.07, 6.45) is 4.64. The Bertz CT molecular complexity index is 1020. The maximum atomic E-state index is 13.7. The van der Waals surface area contributed by atoms with Crippen molar-refractivity contribution in [2.45, 2.75) is 62.6 Å². The molecule has 0 radical (unpaired) electrons. The van der Waals surface area contributed by atoms with E-state index in [0.717, 1.165) is 48.2 Å². The van der Waals surface area contributed by atoms with E-state index in [4.69, 9.17) is 16.6 Å². The van der Waals surface area contributed by atoms with Crippen LogP contribution in [0.15, 0.2) is 30.3 Å². The quantitative estimate of drug-likeness (QED) is 0.526. The Balaban J connectivity index is 0.00000289. The molecule has 2 aliphatic rings. The van der Waals surface area contributed by atoms with Crippen molar-refractivity contribution in [3.63, 3.8) is 0 Å². The fourth-order valence-electron chi connectivity index (χ4n) is 3.80. The van der Waals surface area contributed by atoms with Crippen LogP contribution in [0, 0.1) is 5.82 Å².